The zero-order valence-corrected chi connectivity index (χ0v) is 8.53. The molecule has 0 N–H and O–H groups in total. The van der Waals surface area contributed by atoms with Gasteiger partial charge in [0, 0.05) is 0 Å². The Balaban J connectivity index is 2.80. The molecule has 0 amide bonds. The molecule has 0 atom stereocenters. The van der Waals surface area contributed by atoms with Crippen LogP contribution in [0.3, 0.4) is 0 Å². The lowest BCUT2D eigenvalue weighted by molar-refractivity contribution is 0.623. The SMILES string of the molecule is CCCCCCCCB(C)C. The van der Waals surface area contributed by atoms with E-state index in [4.69, 9.17) is 0 Å². The van der Waals surface area contributed by atoms with Gasteiger partial charge < -0.3 is 0 Å². The summed E-state index contributed by atoms with van der Waals surface area (Å²) in [7, 11) is 0. The average Bonchev–Trinajstić information content (AvgIpc) is 1.96. The van der Waals surface area contributed by atoms with Crippen LogP contribution >= 0.6 is 0 Å². The van der Waals surface area contributed by atoms with Crippen molar-refractivity contribution < 1.29 is 0 Å². The van der Waals surface area contributed by atoms with Gasteiger partial charge in [0.25, 0.3) is 0 Å². The van der Waals surface area contributed by atoms with Gasteiger partial charge in [-0.3, -0.25) is 0 Å². The summed E-state index contributed by atoms with van der Waals surface area (Å²) in [6.45, 7) is 7.80. The van der Waals surface area contributed by atoms with Crippen LogP contribution in [-0.2, 0) is 0 Å². The van der Waals surface area contributed by atoms with Crippen LogP contribution in [0.4, 0.5) is 0 Å². The molecule has 0 aliphatic rings. The van der Waals surface area contributed by atoms with Crippen molar-refractivity contribution in [2.75, 3.05) is 0 Å². The minimum absolute atomic E-state index is 0.904. The summed E-state index contributed by atoms with van der Waals surface area (Å²) in [5.41, 5.74) is 0. The van der Waals surface area contributed by atoms with Gasteiger partial charge in [0.15, 0.2) is 0 Å². The van der Waals surface area contributed by atoms with Crippen molar-refractivity contribution in [3.8, 4) is 0 Å². The maximum Gasteiger partial charge on any atom is 0.133 e. The van der Waals surface area contributed by atoms with Crippen LogP contribution in [0.5, 0.6) is 0 Å². The molecule has 0 saturated heterocycles. The molecule has 0 aliphatic heterocycles. The quantitative estimate of drug-likeness (QED) is 0.382. The van der Waals surface area contributed by atoms with Gasteiger partial charge in [0.1, 0.15) is 6.71 Å². The van der Waals surface area contributed by atoms with Crippen molar-refractivity contribution in [2.45, 2.75) is 65.4 Å². The number of unbranched alkanes of at least 4 members (excludes halogenated alkanes) is 5. The third kappa shape index (κ3) is 10.1. The van der Waals surface area contributed by atoms with Crippen molar-refractivity contribution in [3.63, 3.8) is 0 Å². The molecule has 0 heterocycles. The van der Waals surface area contributed by atoms with Gasteiger partial charge in [-0.1, -0.05) is 65.4 Å². The maximum atomic E-state index is 2.31. The molecule has 0 saturated carbocycles. The van der Waals surface area contributed by atoms with Crippen LogP contribution in [0.1, 0.15) is 45.4 Å². The van der Waals surface area contributed by atoms with Crippen molar-refractivity contribution in [1.82, 2.24) is 0 Å². The molecule has 0 aromatic carbocycles. The summed E-state index contributed by atoms with van der Waals surface area (Å²) >= 11 is 0. The zero-order valence-electron chi connectivity index (χ0n) is 8.53. The van der Waals surface area contributed by atoms with E-state index in [1.807, 2.05) is 0 Å². The summed E-state index contributed by atoms with van der Waals surface area (Å²) in [6, 6.07) is 0. The number of hydrogen-bond donors (Lipinski definition) is 0. The van der Waals surface area contributed by atoms with E-state index in [-0.39, 0.29) is 0 Å². The minimum atomic E-state index is 0.904. The Kier molecular flexibility index (Phi) is 8.21. The molecule has 0 spiro atoms. The van der Waals surface area contributed by atoms with E-state index in [9.17, 15) is 0 Å². The molecular formula is C10H23B. The summed E-state index contributed by atoms with van der Waals surface area (Å²) in [5.74, 6) is 0. The van der Waals surface area contributed by atoms with Gasteiger partial charge in [0.05, 0.1) is 0 Å². The monoisotopic (exact) mass is 154 g/mol. The number of rotatable bonds is 7. The van der Waals surface area contributed by atoms with Crippen molar-refractivity contribution in [1.29, 1.82) is 0 Å². The average molecular weight is 154 g/mol. The Bertz CT molecular complexity index is 69.3. The third-order valence-electron chi connectivity index (χ3n) is 2.14. The van der Waals surface area contributed by atoms with E-state index < -0.39 is 0 Å². The van der Waals surface area contributed by atoms with Crippen LogP contribution in [0.25, 0.3) is 0 Å². The fraction of sp³-hybridized carbons (Fsp3) is 1.00. The second-order valence-corrected chi connectivity index (χ2v) is 3.95. The van der Waals surface area contributed by atoms with Gasteiger partial charge in [-0.25, -0.2) is 0 Å². The van der Waals surface area contributed by atoms with Crippen LogP contribution < -0.4 is 0 Å². The Morgan fingerprint density at radius 1 is 0.818 bits per heavy atom. The molecule has 0 fully saturated rings. The van der Waals surface area contributed by atoms with Crippen LogP contribution in [0, 0.1) is 0 Å². The molecule has 0 nitrogen and oxygen atoms in total. The number of hydrogen-bond acceptors (Lipinski definition) is 0. The summed E-state index contributed by atoms with van der Waals surface area (Å²) in [5, 5.41) is 0. The smallest absolute Gasteiger partial charge is 0.0863 e. The first-order valence-corrected chi connectivity index (χ1v) is 5.27. The topological polar surface area (TPSA) is 0 Å². The molecule has 0 radical (unpaired) electrons. The fourth-order valence-corrected chi connectivity index (χ4v) is 1.33. The highest BCUT2D eigenvalue weighted by molar-refractivity contribution is 6.55. The Morgan fingerprint density at radius 2 is 1.36 bits per heavy atom. The zero-order chi connectivity index (χ0) is 8.53. The van der Waals surface area contributed by atoms with Crippen molar-refractivity contribution >= 4 is 6.71 Å². The molecule has 11 heavy (non-hydrogen) atoms. The highest BCUT2D eigenvalue weighted by Crippen LogP contribution is 2.08. The molecule has 1 heteroatoms. The predicted molar refractivity (Wildman–Crippen MR) is 55.7 cm³/mol. The molecular weight excluding hydrogens is 131 g/mol. The molecule has 0 aromatic rings. The predicted octanol–water partition coefficient (Wildman–Crippen LogP) is 4.10. The van der Waals surface area contributed by atoms with E-state index in [0.29, 0.717) is 0 Å². The first-order chi connectivity index (χ1) is 5.27. The van der Waals surface area contributed by atoms with Gasteiger partial charge >= 0.3 is 0 Å². The lowest BCUT2D eigenvalue weighted by atomic mass is 9.51. The van der Waals surface area contributed by atoms with Crippen LogP contribution in [0.15, 0.2) is 0 Å². The Morgan fingerprint density at radius 3 is 1.91 bits per heavy atom. The van der Waals surface area contributed by atoms with Gasteiger partial charge in [-0.15, -0.1) is 0 Å². The molecule has 66 valence electrons. The normalized spacial score (nSPS) is 10.1. The van der Waals surface area contributed by atoms with Crippen molar-refractivity contribution in [3.05, 3.63) is 0 Å². The molecule has 0 aliphatic carbocycles. The largest absolute Gasteiger partial charge is 0.133 e. The van der Waals surface area contributed by atoms with E-state index in [2.05, 4.69) is 20.6 Å². The molecule has 0 unspecified atom stereocenters. The Hall–Kier alpha value is 0.0649. The molecule has 0 aromatic heterocycles. The minimum Gasteiger partial charge on any atom is -0.0863 e. The summed E-state index contributed by atoms with van der Waals surface area (Å²) < 4.78 is 0. The van der Waals surface area contributed by atoms with E-state index in [1.165, 1.54) is 44.8 Å². The lowest BCUT2D eigenvalue weighted by Crippen LogP contribution is -1.97. The Labute approximate surface area is 72.8 Å². The highest BCUT2D eigenvalue weighted by Gasteiger charge is 1.96. The lowest BCUT2D eigenvalue weighted by Gasteiger charge is -2.01. The van der Waals surface area contributed by atoms with Gasteiger partial charge in [-0.05, 0) is 0 Å². The summed E-state index contributed by atoms with van der Waals surface area (Å²) in [6.07, 6.45) is 10.0. The third-order valence-corrected chi connectivity index (χ3v) is 2.14. The first kappa shape index (κ1) is 11.1. The van der Waals surface area contributed by atoms with Crippen molar-refractivity contribution in [2.24, 2.45) is 0 Å². The second kappa shape index (κ2) is 8.16. The van der Waals surface area contributed by atoms with Crippen LogP contribution in [-0.4, -0.2) is 6.71 Å². The summed E-state index contributed by atoms with van der Waals surface area (Å²) in [4.78, 5) is 0. The van der Waals surface area contributed by atoms with E-state index in [1.54, 1.807) is 0 Å². The van der Waals surface area contributed by atoms with E-state index >= 15 is 0 Å². The standard InChI is InChI=1S/C10H23B/c1-4-5-6-7-8-9-10-11(2)3/h4-10H2,1-3H3. The highest BCUT2D eigenvalue weighted by atomic mass is 13.9. The fourth-order valence-electron chi connectivity index (χ4n) is 1.33. The molecule has 0 rings (SSSR count). The van der Waals surface area contributed by atoms with Gasteiger partial charge in [-0.2, -0.15) is 0 Å². The second-order valence-electron chi connectivity index (χ2n) is 3.95. The first-order valence-electron chi connectivity index (χ1n) is 5.27. The maximum absolute atomic E-state index is 2.31. The van der Waals surface area contributed by atoms with E-state index in [0.717, 1.165) is 6.71 Å². The van der Waals surface area contributed by atoms with Crippen LogP contribution in [0.2, 0.25) is 20.0 Å². The molecule has 0 bridgehead atoms. The van der Waals surface area contributed by atoms with Gasteiger partial charge in [0.2, 0.25) is 0 Å².